The highest BCUT2D eigenvalue weighted by molar-refractivity contribution is 9.10. The second kappa shape index (κ2) is 7.83. The van der Waals surface area contributed by atoms with E-state index in [1.165, 1.54) is 12.8 Å². The Bertz CT molecular complexity index is 333. The molecule has 1 aromatic carbocycles. The second-order valence-electron chi connectivity index (χ2n) is 4.32. The van der Waals surface area contributed by atoms with Crippen molar-refractivity contribution in [3.8, 4) is 0 Å². The minimum absolute atomic E-state index is 0.178. The van der Waals surface area contributed by atoms with Crippen LogP contribution >= 0.6 is 15.9 Å². The van der Waals surface area contributed by atoms with Gasteiger partial charge in [-0.1, -0.05) is 32.8 Å². The van der Waals surface area contributed by atoms with E-state index in [9.17, 15) is 4.39 Å². The predicted molar refractivity (Wildman–Crippen MR) is 74.7 cm³/mol. The average Bonchev–Trinajstić information content (AvgIpc) is 2.33. The van der Waals surface area contributed by atoms with Crippen LogP contribution < -0.4 is 5.32 Å². The zero-order chi connectivity index (χ0) is 12.7. The van der Waals surface area contributed by atoms with Crippen molar-refractivity contribution in [3.05, 3.63) is 34.1 Å². The van der Waals surface area contributed by atoms with Crippen LogP contribution in [0.5, 0.6) is 0 Å². The Hall–Kier alpha value is -0.410. The summed E-state index contributed by atoms with van der Waals surface area (Å²) in [5.74, 6) is -0.178. The van der Waals surface area contributed by atoms with E-state index in [0.29, 0.717) is 4.47 Å². The maximum absolute atomic E-state index is 13.5. The Kier molecular flexibility index (Phi) is 6.75. The molecule has 96 valence electrons. The van der Waals surface area contributed by atoms with E-state index in [1.807, 2.05) is 6.07 Å². The molecule has 0 aromatic heterocycles. The third-order valence-electron chi connectivity index (χ3n) is 2.83. The lowest BCUT2D eigenvalue weighted by Crippen LogP contribution is -2.22. The summed E-state index contributed by atoms with van der Waals surface area (Å²) < 4.78 is 14.0. The van der Waals surface area contributed by atoms with Crippen molar-refractivity contribution >= 4 is 15.9 Å². The molecule has 1 rings (SSSR count). The summed E-state index contributed by atoms with van der Waals surface area (Å²) in [6.45, 7) is 5.30. The highest BCUT2D eigenvalue weighted by Gasteiger charge is 2.11. The maximum atomic E-state index is 13.5. The molecule has 1 aromatic rings. The average molecular weight is 302 g/mol. The van der Waals surface area contributed by atoms with Gasteiger partial charge in [-0.2, -0.15) is 0 Å². The molecule has 0 saturated heterocycles. The van der Waals surface area contributed by atoms with Gasteiger partial charge in [-0.3, -0.25) is 0 Å². The first kappa shape index (κ1) is 14.7. The van der Waals surface area contributed by atoms with Crippen molar-refractivity contribution in [2.75, 3.05) is 6.54 Å². The smallest absolute Gasteiger partial charge is 0.137 e. The van der Waals surface area contributed by atoms with Gasteiger partial charge in [0, 0.05) is 6.04 Å². The number of unbranched alkanes of at least 4 members (excludes halogenated alkanes) is 1. The monoisotopic (exact) mass is 301 g/mol. The third kappa shape index (κ3) is 4.76. The van der Waals surface area contributed by atoms with Gasteiger partial charge >= 0.3 is 0 Å². The molecule has 3 heteroatoms. The van der Waals surface area contributed by atoms with Gasteiger partial charge in [-0.25, -0.2) is 4.39 Å². The fourth-order valence-corrected chi connectivity index (χ4v) is 2.09. The molecule has 1 unspecified atom stereocenters. The minimum Gasteiger partial charge on any atom is -0.310 e. The highest BCUT2D eigenvalue weighted by Crippen LogP contribution is 2.24. The summed E-state index contributed by atoms with van der Waals surface area (Å²) in [4.78, 5) is 0. The molecule has 0 spiro atoms. The molecule has 0 saturated carbocycles. The number of halogens is 2. The van der Waals surface area contributed by atoms with E-state index < -0.39 is 0 Å². The zero-order valence-corrected chi connectivity index (χ0v) is 12.2. The molecular weight excluding hydrogens is 281 g/mol. The predicted octanol–water partition coefficient (Wildman–Crippen LogP) is 4.82. The van der Waals surface area contributed by atoms with Gasteiger partial charge in [0.05, 0.1) is 4.47 Å². The van der Waals surface area contributed by atoms with Gasteiger partial charge in [0.15, 0.2) is 0 Å². The van der Waals surface area contributed by atoms with Gasteiger partial charge < -0.3 is 5.32 Å². The van der Waals surface area contributed by atoms with E-state index in [-0.39, 0.29) is 11.9 Å². The van der Waals surface area contributed by atoms with Gasteiger partial charge in [-0.05, 0) is 53.0 Å². The van der Waals surface area contributed by atoms with E-state index in [2.05, 4.69) is 35.1 Å². The summed E-state index contributed by atoms with van der Waals surface area (Å²) in [5.41, 5.74) is 1.05. The molecule has 0 radical (unpaired) electrons. The van der Waals surface area contributed by atoms with Crippen LogP contribution in [-0.2, 0) is 0 Å². The van der Waals surface area contributed by atoms with Crippen molar-refractivity contribution in [1.82, 2.24) is 5.32 Å². The number of hydrogen-bond acceptors (Lipinski definition) is 1. The fourth-order valence-electron chi connectivity index (χ4n) is 1.84. The minimum atomic E-state index is -0.178. The van der Waals surface area contributed by atoms with Crippen molar-refractivity contribution in [3.63, 3.8) is 0 Å². The molecule has 1 nitrogen and oxygen atoms in total. The van der Waals surface area contributed by atoms with Crippen molar-refractivity contribution in [2.24, 2.45) is 0 Å². The van der Waals surface area contributed by atoms with Crippen LogP contribution in [0.3, 0.4) is 0 Å². The van der Waals surface area contributed by atoms with Crippen molar-refractivity contribution in [1.29, 1.82) is 0 Å². The molecule has 1 atom stereocenters. The number of hydrogen-bond donors (Lipinski definition) is 1. The third-order valence-corrected chi connectivity index (χ3v) is 3.48. The summed E-state index contributed by atoms with van der Waals surface area (Å²) in [6, 6.07) is 5.69. The van der Waals surface area contributed by atoms with Crippen LogP contribution in [0.15, 0.2) is 22.7 Å². The number of rotatable bonds is 7. The Morgan fingerprint density at radius 3 is 2.65 bits per heavy atom. The lowest BCUT2D eigenvalue weighted by Gasteiger charge is -2.19. The first-order valence-electron chi connectivity index (χ1n) is 6.37. The van der Waals surface area contributed by atoms with Crippen LogP contribution in [0.25, 0.3) is 0 Å². The normalized spacial score (nSPS) is 12.7. The lowest BCUT2D eigenvalue weighted by molar-refractivity contribution is 0.478. The fraction of sp³-hybridized carbons (Fsp3) is 0.571. The summed E-state index contributed by atoms with van der Waals surface area (Å²) in [6.07, 6.45) is 4.50. The Labute approximate surface area is 112 Å². The van der Waals surface area contributed by atoms with E-state index in [0.717, 1.165) is 24.9 Å². The molecule has 1 N–H and O–H groups in total. The molecule has 0 aliphatic carbocycles. The topological polar surface area (TPSA) is 12.0 Å². The van der Waals surface area contributed by atoms with Gasteiger partial charge in [0.1, 0.15) is 5.82 Å². The Morgan fingerprint density at radius 2 is 2.06 bits per heavy atom. The van der Waals surface area contributed by atoms with E-state index >= 15 is 0 Å². The maximum Gasteiger partial charge on any atom is 0.137 e. The molecule has 17 heavy (non-hydrogen) atoms. The van der Waals surface area contributed by atoms with Crippen LogP contribution in [-0.4, -0.2) is 6.54 Å². The quantitative estimate of drug-likeness (QED) is 0.761. The summed E-state index contributed by atoms with van der Waals surface area (Å²) in [7, 11) is 0. The largest absolute Gasteiger partial charge is 0.310 e. The molecule has 0 heterocycles. The zero-order valence-electron chi connectivity index (χ0n) is 10.6. The van der Waals surface area contributed by atoms with Crippen LogP contribution in [0.2, 0.25) is 0 Å². The number of nitrogens with one attached hydrogen (secondary N) is 1. The molecule has 0 fully saturated rings. The van der Waals surface area contributed by atoms with Gasteiger partial charge in [-0.15, -0.1) is 0 Å². The van der Waals surface area contributed by atoms with Gasteiger partial charge in [0.25, 0.3) is 0 Å². The van der Waals surface area contributed by atoms with E-state index in [1.54, 1.807) is 12.1 Å². The second-order valence-corrected chi connectivity index (χ2v) is 5.18. The number of benzene rings is 1. The molecule has 0 aliphatic rings. The lowest BCUT2D eigenvalue weighted by atomic mass is 10.0. The van der Waals surface area contributed by atoms with Crippen LogP contribution in [0.1, 0.15) is 51.1 Å². The first-order valence-corrected chi connectivity index (χ1v) is 7.16. The van der Waals surface area contributed by atoms with Gasteiger partial charge in [0.2, 0.25) is 0 Å². The summed E-state index contributed by atoms with van der Waals surface area (Å²) in [5, 5.41) is 3.49. The first-order chi connectivity index (χ1) is 8.19. The molecule has 0 aliphatic heterocycles. The summed E-state index contributed by atoms with van der Waals surface area (Å²) >= 11 is 3.19. The molecule has 0 bridgehead atoms. The Balaban J connectivity index is 2.75. The van der Waals surface area contributed by atoms with Crippen LogP contribution in [0.4, 0.5) is 4.39 Å². The molecule has 0 amide bonds. The SMILES string of the molecule is CCCCC(NCCC)c1ccc(Br)c(F)c1. The Morgan fingerprint density at radius 1 is 1.29 bits per heavy atom. The van der Waals surface area contributed by atoms with Crippen molar-refractivity contribution < 1.29 is 4.39 Å². The van der Waals surface area contributed by atoms with E-state index in [4.69, 9.17) is 0 Å². The molecular formula is C14H21BrFN. The van der Waals surface area contributed by atoms with Crippen molar-refractivity contribution in [2.45, 2.75) is 45.6 Å². The van der Waals surface area contributed by atoms with Crippen LogP contribution in [0, 0.1) is 5.82 Å². The standard InChI is InChI=1S/C14H21BrFN/c1-3-5-6-14(17-9-4-2)11-7-8-12(15)13(16)10-11/h7-8,10,14,17H,3-6,9H2,1-2H3. The highest BCUT2D eigenvalue weighted by atomic mass is 79.9.